The van der Waals surface area contributed by atoms with E-state index in [0.29, 0.717) is 28.3 Å². The second kappa shape index (κ2) is 13.9. The first-order chi connectivity index (χ1) is 20.6. The Bertz CT molecular complexity index is 1520. The van der Waals surface area contributed by atoms with Crippen molar-refractivity contribution < 1.29 is 32.2 Å². The molecule has 9 heteroatoms. The Balaban J connectivity index is 1.67. The van der Waals surface area contributed by atoms with E-state index < -0.39 is 29.5 Å². The SMILES string of the molecule is COc1ccc(N(CCc2ccc(C(F)(F)F)cc2)C(=O)C(C(=O)NCc2ccc(C)cc2)c2ccccc2)cc1OC. The molecule has 0 spiro atoms. The number of halogens is 3. The van der Waals surface area contributed by atoms with Gasteiger partial charge in [0.25, 0.3) is 0 Å². The summed E-state index contributed by atoms with van der Waals surface area (Å²) in [5.41, 5.74) is 2.78. The number of carbonyl (C=O) groups excluding carboxylic acids is 2. The third-order valence-corrected chi connectivity index (χ3v) is 7.08. The Morgan fingerprint density at radius 3 is 2.05 bits per heavy atom. The van der Waals surface area contributed by atoms with Gasteiger partial charge in [-0.05, 0) is 54.3 Å². The normalized spacial score (nSPS) is 11.9. The van der Waals surface area contributed by atoms with E-state index in [9.17, 15) is 22.8 Å². The summed E-state index contributed by atoms with van der Waals surface area (Å²) in [6.07, 6.45) is -4.21. The van der Waals surface area contributed by atoms with E-state index in [1.54, 1.807) is 48.5 Å². The molecule has 0 fully saturated rings. The van der Waals surface area contributed by atoms with Gasteiger partial charge in [0.05, 0.1) is 19.8 Å². The predicted molar refractivity (Wildman–Crippen MR) is 159 cm³/mol. The van der Waals surface area contributed by atoms with Gasteiger partial charge in [-0.2, -0.15) is 13.2 Å². The lowest BCUT2D eigenvalue weighted by molar-refractivity contribution is -0.137. The maximum atomic E-state index is 14.3. The molecule has 0 heterocycles. The topological polar surface area (TPSA) is 67.9 Å². The number of benzene rings is 4. The summed E-state index contributed by atoms with van der Waals surface area (Å²) in [6, 6.07) is 26.2. The highest BCUT2D eigenvalue weighted by Gasteiger charge is 2.34. The number of nitrogens with zero attached hydrogens (tertiary/aromatic N) is 1. The van der Waals surface area contributed by atoms with E-state index in [2.05, 4.69) is 5.32 Å². The molecule has 0 bridgehead atoms. The van der Waals surface area contributed by atoms with Crippen LogP contribution in [0.1, 0.15) is 33.7 Å². The van der Waals surface area contributed by atoms with Crippen LogP contribution in [0.25, 0.3) is 0 Å². The van der Waals surface area contributed by atoms with Crippen molar-refractivity contribution in [3.8, 4) is 11.5 Å². The minimum atomic E-state index is -4.45. The minimum absolute atomic E-state index is 0.0915. The average molecular weight is 591 g/mol. The number of ether oxygens (including phenoxy) is 2. The van der Waals surface area contributed by atoms with E-state index in [1.807, 2.05) is 31.2 Å². The average Bonchev–Trinajstić information content (AvgIpc) is 3.01. The molecule has 224 valence electrons. The third kappa shape index (κ3) is 7.94. The molecule has 2 amide bonds. The largest absolute Gasteiger partial charge is 0.493 e. The van der Waals surface area contributed by atoms with E-state index >= 15 is 0 Å². The Labute approximate surface area is 249 Å². The number of methoxy groups -OCH3 is 2. The molecular weight excluding hydrogens is 557 g/mol. The molecular formula is C34H33F3N2O4. The van der Waals surface area contributed by atoms with Gasteiger partial charge < -0.3 is 19.7 Å². The monoisotopic (exact) mass is 590 g/mol. The quantitative estimate of drug-likeness (QED) is 0.197. The molecule has 1 N–H and O–H groups in total. The first-order valence-corrected chi connectivity index (χ1v) is 13.7. The number of aryl methyl sites for hydroxylation is 1. The lowest BCUT2D eigenvalue weighted by Crippen LogP contribution is -2.43. The van der Waals surface area contributed by atoms with E-state index in [4.69, 9.17) is 9.47 Å². The van der Waals surface area contributed by atoms with Crippen LogP contribution in [-0.2, 0) is 28.7 Å². The fourth-order valence-corrected chi connectivity index (χ4v) is 4.67. The van der Waals surface area contributed by atoms with Crippen molar-refractivity contribution in [3.05, 3.63) is 125 Å². The summed E-state index contributed by atoms with van der Waals surface area (Å²) in [6.45, 7) is 2.30. The zero-order chi connectivity index (χ0) is 31.0. The van der Waals surface area contributed by atoms with Crippen molar-refractivity contribution in [2.75, 3.05) is 25.7 Å². The molecule has 0 aliphatic rings. The van der Waals surface area contributed by atoms with Gasteiger partial charge >= 0.3 is 6.18 Å². The second-order valence-electron chi connectivity index (χ2n) is 10.0. The highest BCUT2D eigenvalue weighted by Crippen LogP contribution is 2.34. The van der Waals surface area contributed by atoms with Crippen LogP contribution in [0, 0.1) is 6.92 Å². The summed E-state index contributed by atoms with van der Waals surface area (Å²) in [5.74, 6) is -1.32. The van der Waals surface area contributed by atoms with Gasteiger partial charge in [-0.1, -0.05) is 72.3 Å². The molecule has 6 nitrogen and oxygen atoms in total. The smallest absolute Gasteiger partial charge is 0.416 e. The molecule has 4 aromatic carbocycles. The van der Waals surface area contributed by atoms with Gasteiger partial charge in [0, 0.05) is 24.8 Å². The molecule has 1 atom stereocenters. The number of nitrogens with one attached hydrogen (secondary N) is 1. The molecule has 4 aromatic rings. The molecule has 43 heavy (non-hydrogen) atoms. The van der Waals surface area contributed by atoms with Crippen molar-refractivity contribution in [3.63, 3.8) is 0 Å². The molecule has 1 unspecified atom stereocenters. The van der Waals surface area contributed by atoms with Crippen LogP contribution in [0.3, 0.4) is 0 Å². The lowest BCUT2D eigenvalue weighted by atomic mass is 9.95. The van der Waals surface area contributed by atoms with Crippen LogP contribution in [-0.4, -0.2) is 32.6 Å². The van der Waals surface area contributed by atoms with Gasteiger partial charge in [0.2, 0.25) is 11.8 Å². The number of hydrogen-bond acceptors (Lipinski definition) is 4. The summed E-state index contributed by atoms with van der Waals surface area (Å²) >= 11 is 0. The van der Waals surface area contributed by atoms with Crippen molar-refractivity contribution >= 4 is 17.5 Å². The highest BCUT2D eigenvalue weighted by atomic mass is 19.4. The zero-order valence-corrected chi connectivity index (χ0v) is 24.2. The number of amides is 2. The molecule has 0 radical (unpaired) electrons. The summed E-state index contributed by atoms with van der Waals surface area (Å²) < 4.78 is 50.1. The van der Waals surface area contributed by atoms with Gasteiger partial charge in [0.1, 0.15) is 5.92 Å². The van der Waals surface area contributed by atoms with E-state index in [-0.39, 0.29) is 19.5 Å². The number of rotatable bonds is 11. The number of alkyl halides is 3. The minimum Gasteiger partial charge on any atom is -0.493 e. The Morgan fingerprint density at radius 2 is 1.44 bits per heavy atom. The molecule has 0 aromatic heterocycles. The number of carbonyl (C=O) groups is 2. The van der Waals surface area contributed by atoms with E-state index in [1.165, 1.54) is 31.3 Å². The summed E-state index contributed by atoms with van der Waals surface area (Å²) in [7, 11) is 2.97. The van der Waals surface area contributed by atoms with Crippen LogP contribution < -0.4 is 19.7 Å². The predicted octanol–water partition coefficient (Wildman–Crippen LogP) is 6.71. The highest BCUT2D eigenvalue weighted by molar-refractivity contribution is 6.12. The zero-order valence-electron chi connectivity index (χ0n) is 24.2. The number of anilines is 1. The van der Waals surface area contributed by atoms with Crippen molar-refractivity contribution in [2.24, 2.45) is 0 Å². The molecule has 0 aliphatic heterocycles. The van der Waals surface area contributed by atoms with Crippen LogP contribution in [0.15, 0.2) is 97.1 Å². The Morgan fingerprint density at radius 1 is 0.814 bits per heavy atom. The standard InChI is InChI=1S/C34H33F3N2O4/c1-23-9-11-25(12-10-23)22-38-32(40)31(26-7-5-4-6-8-26)33(41)39(28-17-18-29(42-2)30(21-28)43-3)20-19-24-13-15-27(16-14-24)34(35,36)37/h4-18,21,31H,19-20,22H2,1-3H3,(H,38,40). The van der Waals surface area contributed by atoms with Gasteiger partial charge in [-0.15, -0.1) is 0 Å². The van der Waals surface area contributed by atoms with Crippen LogP contribution in [0.4, 0.5) is 18.9 Å². The van der Waals surface area contributed by atoms with Crippen molar-refractivity contribution in [2.45, 2.75) is 32.0 Å². The molecule has 0 aliphatic carbocycles. The Kier molecular flexibility index (Phi) is 10.1. The van der Waals surface area contributed by atoms with E-state index in [0.717, 1.165) is 23.3 Å². The fraction of sp³-hybridized carbons (Fsp3) is 0.235. The van der Waals surface area contributed by atoms with Gasteiger partial charge in [-0.25, -0.2) is 0 Å². The first-order valence-electron chi connectivity index (χ1n) is 13.7. The van der Waals surface area contributed by atoms with Gasteiger partial charge in [-0.3, -0.25) is 9.59 Å². The van der Waals surface area contributed by atoms with Crippen LogP contribution >= 0.6 is 0 Å². The van der Waals surface area contributed by atoms with Crippen molar-refractivity contribution in [1.82, 2.24) is 5.32 Å². The maximum absolute atomic E-state index is 14.3. The fourth-order valence-electron chi connectivity index (χ4n) is 4.67. The third-order valence-electron chi connectivity index (χ3n) is 7.08. The molecule has 0 saturated carbocycles. The van der Waals surface area contributed by atoms with Crippen LogP contribution in [0.5, 0.6) is 11.5 Å². The maximum Gasteiger partial charge on any atom is 0.416 e. The molecule has 4 rings (SSSR count). The van der Waals surface area contributed by atoms with Gasteiger partial charge in [0.15, 0.2) is 11.5 Å². The first kappa shape index (κ1) is 31.2. The van der Waals surface area contributed by atoms with Crippen molar-refractivity contribution in [1.29, 1.82) is 0 Å². The number of hydrogen-bond donors (Lipinski definition) is 1. The summed E-state index contributed by atoms with van der Waals surface area (Å²) in [4.78, 5) is 29.5. The Hall–Kier alpha value is -4.79. The molecule has 0 saturated heterocycles. The lowest BCUT2D eigenvalue weighted by Gasteiger charge is -2.28. The van der Waals surface area contributed by atoms with Crippen LogP contribution in [0.2, 0.25) is 0 Å². The second-order valence-corrected chi connectivity index (χ2v) is 10.0. The summed E-state index contributed by atoms with van der Waals surface area (Å²) in [5, 5.41) is 2.90.